The summed E-state index contributed by atoms with van der Waals surface area (Å²) in [7, 11) is 0. The van der Waals surface area contributed by atoms with E-state index in [1.54, 1.807) is 0 Å². The first-order chi connectivity index (χ1) is 10.5. The fourth-order valence-electron chi connectivity index (χ4n) is 4.98. The zero-order valence-electron chi connectivity index (χ0n) is 13.7. The molecule has 1 radical (unpaired) electrons. The lowest BCUT2D eigenvalue weighted by molar-refractivity contribution is -0.169. The largest absolute Gasteiger partial charge is 0.309 e. The van der Waals surface area contributed by atoms with Crippen LogP contribution in [0, 0.1) is 41.9 Å². The summed E-state index contributed by atoms with van der Waals surface area (Å²) in [4.78, 5) is 15.0. The highest BCUT2D eigenvalue weighted by atomic mass is 16.2. The topological polar surface area (TPSA) is 20.3 Å². The third-order valence-corrected chi connectivity index (χ3v) is 6.78. The SMILES string of the molecule is C#C[C@]1([C@@H](C)C2CCC2)C(=O)N2C(C)=C(CC3=C[CH]3)[C@H](C)[C@@H]21. The van der Waals surface area contributed by atoms with Gasteiger partial charge in [0.25, 0.3) is 0 Å². The molecular weight excluding hydrogens is 270 g/mol. The highest BCUT2D eigenvalue weighted by Crippen LogP contribution is 2.59. The molecule has 0 spiro atoms. The number of amides is 1. The lowest BCUT2D eigenvalue weighted by Crippen LogP contribution is -2.70. The lowest BCUT2D eigenvalue weighted by atomic mass is 9.55. The molecule has 0 N–H and O–H groups in total. The van der Waals surface area contributed by atoms with Crippen LogP contribution in [-0.4, -0.2) is 16.8 Å². The normalized spacial score (nSPS) is 38.0. The number of carbonyl (C=O) groups is 1. The molecule has 2 nitrogen and oxygen atoms in total. The van der Waals surface area contributed by atoms with Gasteiger partial charge < -0.3 is 4.90 Å². The fraction of sp³-hybridized carbons (Fsp3) is 0.600. The van der Waals surface area contributed by atoms with E-state index in [0.717, 1.165) is 12.1 Å². The molecule has 2 heterocycles. The Hall–Kier alpha value is -1.49. The molecule has 0 aromatic heterocycles. The Morgan fingerprint density at radius 3 is 2.68 bits per heavy atom. The maximum absolute atomic E-state index is 13.0. The van der Waals surface area contributed by atoms with E-state index in [1.165, 1.54) is 30.4 Å². The third kappa shape index (κ3) is 1.55. The minimum Gasteiger partial charge on any atom is -0.309 e. The Morgan fingerprint density at radius 2 is 2.18 bits per heavy atom. The molecule has 2 aliphatic heterocycles. The van der Waals surface area contributed by atoms with E-state index >= 15 is 0 Å². The minimum absolute atomic E-state index is 0.188. The molecule has 4 aliphatic rings. The highest BCUT2D eigenvalue weighted by Gasteiger charge is 2.68. The molecule has 1 amide bonds. The molecule has 2 fully saturated rings. The van der Waals surface area contributed by atoms with Crippen molar-refractivity contribution < 1.29 is 4.79 Å². The van der Waals surface area contributed by atoms with E-state index < -0.39 is 5.41 Å². The van der Waals surface area contributed by atoms with Crippen molar-refractivity contribution in [3.63, 3.8) is 0 Å². The number of allylic oxidation sites excluding steroid dienone is 3. The van der Waals surface area contributed by atoms with Crippen LogP contribution in [0.15, 0.2) is 22.9 Å². The highest BCUT2D eigenvalue weighted by molar-refractivity contribution is 5.96. The molecule has 2 heteroatoms. The van der Waals surface area contributed by atoms with Crippen molar-refractivity contribution >= 4 is 5.91 Å². The van der Waals surface area contributed by atoms with Gasteiger partial charge in [-0.3, -0.25) is 4.79 Å². The average Bonchev–Trinajstić information content (AvgIpc) is 3.20. The minimum atomic E-state index is -0.560. The summed E-state index contributed by atoms with van der Waals surface area (Å²) in [5.74, 6) is 4.50. The van der Waals surface area contributed by atoms with Crippen LogP contribution in [0.3, 0.4) is 0 Å². The van der Waals surface area contributed by atoms with Crippen LogP contribution in [0.1, 0.15) is 46.5 Å². The monoisotopic (exact) mass is 294 g/mol. The first-order valence-corrected chi connectivity index (χ1v) is 8.57. The first-order valence-electron chi connectivity index (χ1n) is 8.57. The number of nitrogens with zero attached hydrogens (tertiary/aromatic N) is 1. The second-order valence-electron chi connectivity index (χ2n) is 7.60. The Balaban J connectivity index is 1.66. The van der Waals surface area contributed by atoms with Crippen molar-refractivity contribution in [2.45, 2.75) is 52.5 Å². The van der Waals surface area contributed by atoms with Gasteiger partial charge in [0.05, 0.1) is 6.04 Å². The maximum Gasteiger partial charge on any atom is 0.247 e. The average molecular weight is 294 g/mol. The summed E-state index contributed by atoms with van der Waals surface area (Å²) >= 11 is 0. The molecule has 1 saturated carbocycles. The third-order valence-electron chi connectivity index (χ3n) is 6.78. The Labute approximate surface area is 133 Å². The summed E-state index contributed by atoms with van der Waals surface area (Å²) in [5.41, 5.74) is 3.41. The van der Waals surface area contributed by atoms with Crippen LogP contribution in [0.25, 0.3) is 0 Å². The van der Waals surface area contributed by atoms with E-state index in [0.29, 0.717) is 17.8 Å². The van der Waals surface area contributed by atoms with Gasteiger partial charge in [0, 0.05) is 18.0 Å². The predicted octanol–water partition coefficient (Wildman–Crippen LogP) is 3.71. The molecule has 115 valence electrons. The van der Waals surface area contributed by atoms with Gasteiger partial charge in [0.1, 0.15) is 5.41 Å². The molecule has 2 aliphatic carbocycles. The quantitative estimate of drug-likeness (QED) is 0.572. The van der Waals surface area contributed by atoms with Gasteiger partial charge in [0.15, 0.2) is 0 Å². The lowest BCUT2D eigenvalue weighted by Gasteiger charge is -2.57. The van der Waals surface area contributed by atoms with Gasteiger partial charge >= 0.3 is 0 Å². The Kier molecular flexibility index (Phi) is 2.89. The molecular formula is C20H24NO. The number of terminal acetylenes is 1. The van der Waals surface area contributed by atoms with Crippen LogP contribution >= 0.6 is 0 Å². The van der Waals surface area contributed by atoms with Gasteiger partial charge in [-0.15, -0.1) is 6.42 Å². The second-order valence-corrected chi connectivity index (χ2v) is 7.60. The van der Waals surface area contributed by atoms with Gasteiger partial charge in [0.2, 0.25) is 5.91 Å². The number of rotatable bonds is 4. The molecule has 0 bridgehead atoms. The van der Waals surface area contributed by atoms with Gasteiger partial charge in [-0.1, -0.05) is 50.7 Å². The molecule has 0 aromatic carbocycles. The summed E-state index contributed by atoms with van der Waals surface area (Å²) in [6, 6.07) is 0.190. The van der Waals surface area contributed by atoms with E-state index in [9.17, 15) is 4.79 Å². The molecule has 4 rings (SSSR count). The number of carbonyl (C=O) groups excluding carboxylic acids is 1. The van der Waals surface area contributed by atoms with Crippen molar-refractivity contribution in [3.05, 3.63) is 29.3 Å². The van der Waals surface area contributed by atoms with Crippen molar-refractivity contribution in [1.82, 2.24) is 4.90 Å². The Bertz CT molecular complexity index is 645. The Morgan fingerprint density at radius 1 is 1.50 bits per heavy atom. The van der Waals surface area contributed by atoms with Crippen molar-refractivity contribution in [2.24, 2.45) is 23.2 Å². The maximum atomic E-state index is 13.0. The van der Waals surface area contributed by atoms with E-state index in [-0.39, 0.29) is 11.9 Å². The van der Waals surface area contributed by atoms with Crippen LogP contribution in [0.4, 0.5) is 0 Å². The van der Waals surface area contributed by atoms with Crippen molar-refractivity contribution in [1.29, 1.82) is 0 Å². The summed E-state index contributed by atoms with van der Waals surface area (Å²) in [6.45, 7) is 6.58. The van der Waals surface area contributed by atoms with Gasteiger partial charge in [-0.05, 0) is 30.8 Å². The summed E-state index contributed by atoms with van der Waals surface area (Å²) in [5, 5.41) is 0. The summed E-state index contributed by atoms with van der Waals surface area (Å²) < 4.78 is 0. The second kappa shape index (κ2) is 4.51. The van der Waals surface area contributed by atoms with Crippen LogP contribution in [-0.2, 0) is 4.79 Å². The molecule has 0 unspecified atom stereocenters. The fourth-order valence-corrected chi connectivity index (χ4v) is 4.98. The molecule has 1 saturated heterocycles. The predicted molar refractivity (Wildman–Crippen MR) is 87.3 cm³/mol. The van der Waals surface area contributed by atoms with Crippen LogP contribution in [0.2, 0.25) is 0 Å². The smallest absolute Gasteiger partial charge is 0.247 e. The summed E-state index contributed by atoms with van der Waals surface area (Å²) in [6.07, 6.45) is 15.0. The van der Waals surface area contributed by atoms with E-state index in [2.05, 4.69) is 39.2 Å². The molecule has 22 heavy (non-hydrogen) atoms. The van der Waals surface area contributed by atoms with Crippen molar-refractivity contribution in [2.75, 3.05) is 0 Å². The molecule has 4 atom stereocenters. The first kappa shape index (κ1) is 14.1. The standard InChI is InChI=1S/C20H24NO/c1-5-20(13(3)16-7-6-8-16)18-12(2)17(11-15-9-10-15)14(4)21(18)19(20)22/h1,9-10,12-13,16,18H,6-8,11H2,2-4H3/t12-,13-,18+,20+/m0/s1. The number of hydrogen-bond donors (Lipinski definition) is 0. The number of hydrogen-bond acceptors (Lipinski definition) is 1. The zero-order valence-corrected chi connectivity index (χ0v) is 13.7. The van der Waals surface area contributed by atoms with E-state index in [1.807, 2.05) is 4.90 Å². The van der Waals surface area contributed by atoms with Crippen LogP contribution in [0.5, 0.6) is 0 Å². The number of fused-ring (bicyclic) bond motifs is 1. The van der Waals surface area contributed by atoms with Gasteiger partial charge in [-0.2, -0.15) is 0 Å². The molecule has 0 aromatic rings. The number of β-lactam (4-membered cyclic amide) rings is 1. The van der Waals surface area contributed by atoms with Gasteiger partial charge in [-0.25, -0.2) is 0 Å². The van der Waals surface area contributed by atoms with Crippen LogP contribution < -0.4 is 0 Å². The van der Waals surface area contributed by atoms with Crippen molar-refractivity contribution in [3.8, 4) is 12.3 Å². The zero-order chi connectivity index (χ0) is 15.6. The van der Waals surface area contributed by atoms with E-state index in [4.69, 9.17) is 6.42 Å².